The van der Waals surface area contributed by atoms with E-state index in [9.17, 15) is 14.7 Å². The van der Waals surface area contributed by atoms with Crippen LogP contribution in [0.15, 0.2) is 53.4 Å². The molecule has 2 aliphatic rings. The number of hydrogen-bond acceptors (Lipinski definition) is 6. The van der Waals surface area contributed by atoms with Crippen LogP contribution >= 0.6 is 11.8 Å². The Bertz CT molecular complexity index is 1090. The highest BCUT2D eigenvalue weighted by Gasteiger charge is 2.33. The van der Waals surface area contributed by atoms with Crippen molar-refractivity contribution in [2.75, 3.05) is 32.5 Å². The molecule has 2 aromatic rings. The maximum Gasteiger partial charge on any atom is 0.252 e. The molecule has 4 unspecified atom stereocenters. The molecule has 3 N–H and O–H groups in total. The first-order chi connectivity index (χ1) is 21.6. The average Bonchev–Trinajstić information content (AvgIpc) is 3.05. The van der Waals surface area contributed by atoms with Gasteiger partial charge >= 0.3 is 0 Å². The van der Waals surface area contributed by atoms with E-state index in [2.05, 4.69) is 27.7 Å². The normalized spacial score (nSPS) is 18.9. The SMILES string of the molecule is CC.CC.CC(C)(C)NC=O.COc1cccc(C(=O)NC(CSc2ccccc2)C(O)CN2CCC3CCCCC3C2)c1C. The number of thioether (sulfide) groups is 1. The fourth-order valence-corrected chi connectivity index (χ4v) is 6.72. The Morgan fingerprint density at radius 3 is 2.24 bits per heavy atom. The molecular formula is C37H61N3O4S. The summed E-state index contributed by atoms with van der Waals surface area (Å²) < 4.78 is 5.40. The van der Waals surface area contributed by atoms with Gasteiger partial charge in [0.25, 0.3) is 5.91 Å². The van der Waals surface area contributed by atoms with Gasteiger partial charge in [0.05, 0.1) is 19.3 Å². The lowest BCUT2D eigenvalue weighted by atomic mass is 9.75. The molecule has 7 nitrogen and oxygen atoms in total. The Balaban J connectivity index is 0.000000803. The lowest BCUT2D eigenvalue weighted by molar-refractivity contribution is -0.110. The molecule has 0 spiro atoms. The highest BCUT2D eigenvalue weighted by atomic mass is 32.2. The van der Waals surface area contributed by atoms with Crippen LogP contribution in [0.4, 0.5) is 0 Å². The largest absolute Gasteiger partial charge is 0.496 e. The third-order valence-electron chi connectivity index (χ3n) is 8.01. The molecule has 2 aromatic carbocycles. The Morgan fingerprint density at radius 2 is 1.67 bits per heavy atom. The van der Waals surface area contributed by atoms with Crippen LogP contribution in [-0.2, 0) is 4.79 Å². The van der Waals surface area contributed by atoms with Gasteiger partial charge in [0.2, 0.25) is 6.41 Å². The van der Waals surface area contributed by atoms with Crippen LogP contribution in [0.25, 0.3) is 0 Å². The van der Waals surface area contributed by atoms with Crippen molar-refractivity contribution in [2.45, 2.75) is 110 Å². The summed E-state index contributed by atoms with van der Waals surface area (Å²) in [5.41, 5.74) is 1.33. The lowest BCUT2D eigenvalue weighted by Gasteiger charge is -2.42. The summed E-state index contributed by atoms with van der Waals surface area (Å²) in [6.07, 6.45) is 6.70. The minimum Gasteiger partial charge on any atom is -0.496 e. The van der Waals surface area contributed by atoms with Crippen molar-refractivity contribution in [2.24, 2.45) is 11.8 Å². The molecule has 2 amide bonds. The van der Waals surface area contributed by atoms with Crippen LogP contribution in [0.2, 0.25) is 0 Å². The molecule has 2 fully saturated rings. The molecule has 4 rings (SSSR count). The van der Waals surface area contributed by atoms with Crippen LogP contribution in [0.3, 0.4) is 0 Å². The predicted molar refractivity (Wildman–Crippen MR) is 190 cm³/mol. The molecule has 1 heterocycles. The number of methoxy groups -OCH3 is 1. The molecule has 0 radical (unpaired) electrons. The molecule has 254 valence electrons. The number of amides is 2. The number of piperidine rings is 1. The zero-order valence-electron chi connectivity index (χ0n) is 29.4. The van der Waals surface area contributed by atoms with E-state index in [1.807, 2.05) is 91.8 Å². The first kappa shape index (κ1) is 40.5. The van der Waals surface area contributed by atoms with Crippen LogP contribution in [-0.4, -0.2) is 72.5 Å². The van der Waals surface area contributed by atoms with E-state index >= 15 is 0 Å². The summed E-state index contributed by atoms with van der Waals surface area (Å²) in [6, 6.07) is 15.3. The molecular weight excluding hydrogens is 582 g/mol. The fraction of sp³-hybridized carbons (Fsp3) is 0.622. The van der Waals surface area contributed by atoms with Gasteiger partial charge in [-0.15, -0.1) is 11.8 Å². The van der Waals surface area contributed by atoms with Gasteiger partial charge in [-0.25, -0.2) is 0 Å². The van der Waals surface area contributed by atoms with E-state index in [0.29, 0.717) is 30.0 Å². The minimum absolute atomic E-state index is 0.0677. The number of likely N-dealkylation sites (tertiary alicyclic amines) is 1. The van der Waals surface area contributed by atoms with E-state index in [1.165, 1.54) is 32.1 Å². The molecule has 0 aromatic heterocycles. The number of nitrogens with zero attached hydrogens (tertiary/aromatic N) is 1. The van der Waals surface area contributed by atoms with Gasteiger partial charge < -0.3 is 25.4 Å². The van der Waals surface area contributed by atoms with Gasteiger partial charge in [-0.05, 0) is 83.2 Å². The smallest absolute Gasteiger partial charge is 0.252 e. The molecule has 4 atom stereocenters. The van der Waals surface area contributed by atoms with Crippen molar-refractivity contribution in [3.05, 3.63) is 59.7 Å². The number of rotatable bonds is 10. The maximum absolute atomic E-state index is 13.2. The summed E-state index contributed by atoms with van der Waals surface area (Å²) in [6.45, 7) is 18.4. The zero-order chi connectivity index (χ0) is 33.8. The van der Waals surface area contributed by atoms with Crippen molar-refractivity contribution in [3.63, 3.8) is 0 Å². The number of aliphatic hydroxyl groups excluding tert-OH is 1. The number of carbonyl (C=O) groups excluding carboxylic acids is 2. The number of hydrogen-bond donors (Lipinski definition) is 3. The molecule has 1 aliphatic carbocycles. The summed E-state index contributed by atoms with van der Waals surface area (Å²) >= 11 is 1.67. The van der Waals surface area contributed by atoms with Gasteiger partial charge in [-0.2, -0.15) is 0 Å². The number of fused-ring (bicyclic) bond motifs is 1. The first-order valence-corrected chi connectivity index (χ1v) is 17.8. The Morgan fingerprint density at radius 1 is 1.02 bits per heavy atom. The molecule has 1 saturated carbocycles. The van der Waals surface area contributed by atoms with Crippen molar-refractivity contribution >= 4 is 24.1 Å². The monoisotopic (exact) mass is 643 g/mol. The second-order valence-corrected chi connectivity index (χ2v) is 13.4. The highest BCUT2D eigenvalue weighted by Crippen LogP contribution is 2.36. The average molecular weight is 644 g/mol. The Labute approximate surface area is 278 Å². The van der Waals surface area contributed by atoms with Gasteiger partial charge in [0.15, 0.2) is 0 Å². The summed E-state index contributed by atoms with van der Waals surface area (Å²) in [7, 11) is 1.61. The van der Waals surface area contributed by atoms with E-state index in [-0.39, 0.29) is 17.5 Å². The fourth-order valence-electron chi connectivity index (χ4n) is 5.69. The number of aliphatic hydroxyl groups is 1. The van der Waals surface area contributed by atoms with Gasteiger partial charge in [0, 0.05) is 40.4 Å². The summed E-state index contributed by atoms with van der Waals surface area (Å²) in [4.78, 5) is 26.5. The first-order valence-electron chi connectivity index (χ1n) is 16.9. The van der Waals surface area contributed by atoms with Crippen LogP contribution < -0.4 is 15.4 Å². The van der Waals surface area contributed by atoms with E-state index in [0.717, 1.165) is 35.4 Å². The van der Waals surface area contributed by atoms with Crippen molar-refractivity contribution in [1.82, 2.24) is 15.5 Å². The number of carbonyl (C=O) groups is 2. The number of ether oxygens (including phenoxy) is 1. The highest BCUT2D eigenvalue weighted by molar-refractivity contribution is 7.99. The van der Waals surface area contributed by atoms with Gasteiger partial charge in [-0.3, -0.25) is 9.59 Å². The number of benzene rings is 2. The third kappa shape index (κ3) is 14.6. The Kier molecular flexibility index (Phi) is 19.8. The topological polar surface area (TPSA) is 90.9 Å². The quantitative estimate of drug-likeness (QED) is 0.185. The van der Waals surface area contributed by atoms with E-state index in [1.54, 1.807) is 18.9 Å². The number of nitrogens with one attached hydrogen (secondary N) is 2. The summed E-state index contributed by atoms with van der Waals surface area (Å²) in [5.74, 6) is 2.77. The maximum atomic E-state index is 13.2. The molecule has 45 heavy (non-hydrogen) atoms. The van der Waals surface area contributed by atoms with Crippen LogP contribution in [0.5, 0.6) is 5.75 Å². The Hall–Kier alpha value is -2.55. The van der Waals surface area contributed by atoms with Crippen LogP contribution in [0, 0.1) is 18.8 Å². The molecule has 8 heteroatoms. The lowest BCUT2D eigenvalue weighted by Crippen LogP contribution is -2.52. The van der Waals surface area contributed by atoms with Gasteiger partial charge in [0.1, 0.15) is 5.75 Å². The predicted octanol–water partition coefficient (Wildman–Crippen LogP) is 7.35. The molecule has 1 saturated heterocycles. The summed E-state index contributed by atoms with van der Waals surface area (Å²) in [5, 5.41) is 17.1. The standard InChI is InChI=1S/C28H38N2O3S.C5H11NO.2C2H6/c1-20-24(13-8-14-27(20)33-2)28(32)29-25(19-34-23-11-4-3-5-12-23)26(31)18-30-16-15-21-9-6-7-10-22(21)17-30;1-5(2,3)6-4-7;2*1-2/h3-5,8,11-14,21-22,25-26,31H,6-7,9-10,15-19H2,1-2H3,(H,29,32);4H,1-3H3,(H,6,7);2*1-2H3. The second kappa shape index (κ2) is 22.1. The minimum atomic E-state index is -0.633. The molecule has 1 aliphatic heterocycles. The number of β-amino-alcohol motifs (C(OH)–C–C–N with tert-alkyl or cyclic N) is 1. The van der Waals surface area contributed by atoms with Crippen molar-refractivity contribution < 1.29 is 19.4 Å². The van der Waals surface area contributed by atoms with Gasteiger partial charge in [-0.1, -0.05) is 71.2 Å². The van der Waals surface area contributed by atoms with E-state index < -0.39 is 6.10 Å². The van der Waals surface area contributed by atoms with Crippen molar-refractivity contribution in [1.29, 1.82) is 0 Å². The third-order valence-corrected chi connectivity index (χ3v) is 9.15. The van der Waals surface area contributed by atoms with E-state index in [4.69, 9.17) is 4.74 Å². The molecule has 0 bridgehead atoms. The van der Waals surface area contributed by atoms with Crippen molar-refractivity contribution in [3.8, 4) is 5.75 Å². The van der Waals surface area contributed by atoms with Crippen LogP contribution in [0.1, 0.15) is 96.5 Å². The zero-order valence-corrected chi connectivity index (χ0v) is 30.2. The second-order valence-electron chi connectivity index (χ2n) is 12.3.